The van der Waals surface area contributed by atoms with Gasteiger partial charge in [-0.15, -0.1) is 0 Å². The molecule has 6 nitrogen and oxygen atoms in total. The summed E-state index contributed by atoms with van der Waals surface area (Å²) in [5.74, 6) is 7.24. The van der Waals surface area contributed by atoms with Gasteiger partial charge in [0.2, 0.25) is 0 Å². The molecule has 0 saturated heterocycles. The largest absolute Gasteiger partial charge is 0.347 e. The number of rotatable bonds is 6. The number of hydrazine groups is 1. The molecule has 0 radical (unpaired) electrons. The van der Waals surface area contributed by atoms with Crippen LogP contribution >= 0.6 is 11.8 Å². The normalized spacial score (nSPS) is 11.9. The van der Waals surface area contributed by atoms with Gasteiger partial charge in [0, 0.05) is 11.8 Å². The Morgan fingerprint density at radius 1 is 1.59 bits per heavy atom. The number of carbonyl (C=O) groups excluding carboxylic acids is 1. The lowest BCUT2D eigenvalue weighted by Gasteiger charge is -2.12. The van der Waals surface area contributed by atoms with Gasteiger partial charge in [-0.2, -0.15) is 11.8 Å². The van der Waals surface area contributed by atoms with Crippen LogP contribution in [0.3, 0.4) is 0 Å². The van der Waals surface area contributed by atoms with Crippen LogP contribution in [0.25, 0.3) is 0 Å². The van der Waals surface area contributed by atoms with Crippen LogP contribution in [0.5, 0.6) is 0 Å². The number of thioether (sulfide) groups is 1. The van der Waals surface area contributed by atoms with Crippen LogP contribution in [-0.4, -0.2) is 33.4 Å². The maximum atomic E-state index is 11.8. The minimum absolute atomic E-state index is 0.101. The minimum atomic E-state index is -0.237. The second-order valence-electron chi connectivity index (χ2n) is 3.47. The Morgan fingerprint density at radius 2 is 2.35 bits per heavy atom. The lowest BCUT2D eigenvalue weighted by atomic mass is 10.3. The first-order valence-electron chi connectivity index (χ1n) is 5.34. The van der Waals surface area contributed by atoms with Crippen LogP contribution in [0.15, 0.2) is 12.4 Å². The third-order valence-electron chi connectivity index (χ3n) is 1.96. The SMILES string of the molecule is CCSCC(C)NC(=O)c1cncc(NN)n1. The predicted molar refractivity (Wildman–Crippen MR) is 69.8 cm³/mol. The van der Waals surface area contributed by atoms with Crippen molar-refractivity contribution in [3.63, 3.8) is 0 Å². The van der Waals surface area contributed by atoms with Gasteiger partial charge in [0.25, 0.3) is 5.91 Å². The number of nitrogen functional groups attached to an aromatic ring is 1. The zero-order chi connectivity index (χ0) is 12.7. The molecule has 1 aromatic heterocycles. The van der Waals surface area contributed by atoms with Crippen molar-refractivity contribution in [1.29, 1.82) is 0 Å². The second-order valence-corrected chi connectivity index (χ2v) is 4.79. The Labute approximate surface area is 105 Å². The highest BCUT2D eigenvalue weighted by atomic mass is 32.2. The zero-order valence-corrected chi connectivity index (χ0v) is 10.8. The maximum absolute atomic E-state index is 11.8. The van der Waals surface area contributed by atoms with Crippen molar-refractivity contribution < 1.29 is 4.79 Å². The summed E-state index contributed by atoms with van der Waals surface area (Å²) in [6, 6.07) is 0.101. The van der Waals surface area contributed by atoms with Gasteiger partial charge in [-0.3, -0.25) is 9.78 Å². The highest BCUT2D eigenvalue weighted by Crippen LogP contribution is 2.03. The minimum Gasteiger partial charge on any atom is -0.347 e. The molecule has 94 valence electrons. The van der Waals surface area contributed by atoms with E-state index >= 15 is 0 Å². The summed E-state index contributed by atoms with van der Waals surface area (Å²) < 4.78 is 0. The van der Waals surface area contributed by atoms with E-state index in [4.69, 9.17) is 5.84 Å². The zero-order valence-electron chi connectivity index (χ0n) is 9.93. The summed E-state index contributed by atoms with van der Waals surface area (Å²) in [5.41, 5.74) is 2.61. The van der Waals surface area contributed by atoms with Crippen molar-refractivity contribution in [1.82, 2.24) is 15.3 Å². The van der Waals surface area contributed by atoms with E-state index in [1.54, 1.807) is 11.8 Å². The lowest BCUT2D eigenvalue weighted by Crippen LogP contribution is -2.35. The monoisotopic (exact) mass is 255 g/mol. The van der Waals surface area contributed by atoms with Gasteiger partial charge in [-0.25, -0.2) is 10.8 Å². The first-order chi connectivity index (χ1) is 8.17. The van der Waals surface area contributed by atoms with Crippen molar-refractivity contribution in [2.75, 3.05) is 16.9 Å². The fraction of sp³-hybridized carbons (Fsp3) is 0.500. The highest BCUT2D eigenvalue weighted by molar-refractivity contribution is 7.99. The Kier molecular flexibility index (Phi) is 5.71. The van der Waals surface area contributed by atoms with E-state index in [0.717, 1.165) is 11.5 Å². The van der Waals surface area contributed by atoms with Crippen molar-refractivity contribution >= 4 is 23.5 Å². The molecule has 17 heavy (non-hydrogen) atoms. The third kappa shape index (κ3) is 4.58. The van der Waals surface area contributed by atoms with E-state index in [-0.39, 0.29) is 17.6 Å². The molecule has 1 heterocycles. The van der Waals surface area contributed by atoms with Crippen molar-refractivity contribution in [3.05, 3.63) is 18.1 Å². The van der Waals surface area contributed by atoms with Crippen LogP contribution in [0.1, 0.15) is 24.3 Å². The molecule has 1 rings (SSSR count). The van der Waals surface area contributed by atoms with E-state index in [0.29, 0.717) is 5.82 Å². The van der Waals surface area contributed by atoms with Crippen LogP contribution in [0, 0.1) is 0 Å². The summed E-state index contributed by atoms with van der Waals surface area (Å²) in [6.45, 7) is 4.04. The standard InChI is InChI=1S/C10H17N5OS/c1-3-17-6-7(2)13-10(16)8-4-12-5-9(14-8)15-11/h4-5,7H,3,6,11H2,1-2H3,(H,13,16)(H,14,15). The molecule has 0 aromatic carbocycles. The van der Waals surface area contributed by atoms with Crippen LogP contribution in [0.2, 0.25) is 0 Å². The summed E-state index contributed by atoms with van der Waals surface area (Å²) in [5, 5.41) is 2.85. The maximum Gasteiger partial charge on any atom is 0.271 e. The van der Waals surface area contributed by atoms with Crippen molar-refractivity contribution in [2.24, 2.45) is 5.84 Å². The van der Waals surface area contributed by atoms with E-state index in [1.807, 2.05) is 6.92 Å². The molecule has 1 atom stereocenters. The van der Waals surface area contributed by atoms with E-state index in [2.05, 4.69) is 27.6 Å². The quantitative estimate of drug-likeness (QED) is 0.510. The van der Waals surface area contributed by atoms with Gasteiger partial charge in [0.15, 0.2) is 5.82 Å². The third-order valence-corrected chi connectivity index (χ3v) is 3.11. The molecule has 0 fully saturated rings. The first kappa shape index (κ1) is 13.7. The molecule has 0 aliphatic carbocycles. The smallest absolute Gasteiger partial charge is 0.271 e. The molecular formula is C10H17N5OS. The second kappa shape index (κ2) is 7.08. The topological polar surface area (TPSA) is 92.9 Å². The van der Waals surface area contributed by atoms with Gasteiger partial charge in [-0.05, 0) is 12.7 Å². The number of anilines is 1. The van der Waals surface area contributed by atoms with Gasteiger partial charge < -0.3 is 10.7 Å². The fourth-order valence-corrected chi connectivity index (χ4v) is 1.85. The average Bonchev–Trinajstić information content (AvgIpc) is 2.36. The average molecular weight is 255 g/mol. The highest BCUT2D eigenvalue weighted by Gasteiger charge is 2.11. The molecule has 0 aliphatic rings. The van der Waals surface area contributed by atoms with Gasteiger partial charge in [-0.1, -0.05) is 6.92 Å². The van der Waals surface area contributed by atoms with Crippen LogP contribution in [0.4, 0.5) is 5.82 Å². The summed E-state index contributed by atoms with van der Waals surface area (Å²) in [7, 11) is 0. The van der Waals surface area contributed by atoms with Crippen molar-refractivity contribution in [3.8, 4) is 0 Å². The number of carbonyl (C=O) groups is 1. The number of amides is 1. The number of nitrogens with one attached hydrogen (secondary N) is 2. The molecule has 0 saturated carbocycles. The summed E-state index contributed by atoms with van der Waals surface area (Å²) in [4.78, 5) is 19.7. The lowest BCUT2D eigenvalue weighted by molar-refractivity contribution is 0.0938. The molecule has 1 amide bonds. The fourth-order valence-electron chi connectivity index (χ4n) is 1.18. The number of nitrogens with zero attached hydrogens (tertiary/aromatic N) is 2. The van der Waals surface area contributed by atoms with E-state index < -0.39 is 0 Å². The first-order valence-corrected chi connectivity index (χ1v) is 6.50. The van der Waals surface area contributed by atoms with Gasteiger partial charge in [0.05, 0.1) is 12.4 Å². The number of nitrogens with two attached hydrogens (primary N) is 1. The molecule has 1 aromatic rings. The van der Waals surface area contributed by atoms with Crippen molar-refractivity contribution in [2.45, 2.75) is 19.9 Å². The Balaban J connectivity index is 2.56. The molecular weight excluding hydrogens is 238 g/mol. The van der Waals surface area contributed by atoms with Gasteiger partial charge in [0.1, 0.15) is 5.69 Å². The number of hydrogen-bond donors (Lipinski definition) is 3. The number of hydrogen-bond acceptors (Lipinski definition) is 6. The van der Waals surface area contributed by atoms with Crippen LogP contribution < -0.4 is 16.6 Å². The molecule has 7 heteroatoms. The molecule has 0 aliphatic heterocycles. The predicted octanol–water partition coefficient (Wildman–Crippen LogP) is 0.634. The Hall–Kier alpha value is -1.34. The summed E-state index contributed by atoms with van der Waals surface area (Å²) in [6.07, 6.45) is 2.86. The summed E-state index contributed by atoms with van der Waals surface area (Å²) >= 11 is 1.78. The van der Waals surface area contributed by atoms with E-state index in [9.17, 15) is 4.79 Å². The Bertz CT molecular complexity index is 373. The molecule has 4 N–H and O–H groups in total. The molecule has 1 unspecified atom stereocenters. The van der Waals surface area contributed by atoms with E-state index in [1.165, 1.54) is 12.4 Å². The number of aromatic nitrogens is 2. The van der Waals surface area contributed by atoms with Gasteiger partial charge >= 0.3 is 0 Å². The Morgan fingerprint density at radius 3 is 3.00 bits per heavy atom. The molecule has 0 bridgehead atoms. The van der Waals surface area contributed by atoms with Crippen LogP contribution in [-0.2, 0) is 0 Å². The molecule has 0 spiro atoms.